The number of ether oxygens (including phenoxy) is 3. The van der Waals surface area contributed by atoms with Crippen LogP contribution in [0, 0.1) is 5.82 Å². The van der Waals surface area contributed by atoms with Gasteiger partial charge in [-0.1, -0.05) is 30.3 Å². The number of halogens is 1. The summed E-state index contributed by atoms with van der Waals surface area (Å²) in [6.45, 7) is 0.175. The second-order valence-corrected chi connectivity index (χ2v) is 8.01. The first-order valence-electron chi connectivity index (χ1n) is 11.2. The summed E-state index contributed by atoms with van der Waals surface area (Å²) in [5.74, 6) is -1.79. The van der Waals surface area contributed by atoms with Crippen LogP contribution in [0.5, 0.6) is 17.2 Å². The molecule has 10 nitrogen and oxygen atoms in total. The molecule has 3 aromatic carbocycles. The fraction of sp³-hybridized carbons (Fsp3) is 0.115. The smallest absolute Gasteiger partial charge is 0.328 e. The molecule has 0 saturated carbocycles. The lowest BCUT2D eigenvalue weighted by molar-refractivity contribution is -0.136. The predicted octanol–water partition coefficient (Wildman–Crippen LogP) is 3.16. The molecule has 0 fully saturated rings. The van der Waals surface area contributed by atoms with Crippen molar-refractivity contribution in [2.45, 2.75) is 6.54 Å². The van der Waals surface area contributed by atoms with Gasteiger partial charge >= 0.3 is 11.8 Å². The zero-order valence-electron chi connectivity index (χ0n) is 19.5. The molecule has 0 radical (unpaired) electrons. The molecule has 188 valence electrons. The summed E-state index contributed by atoms with van der Waals surface area (Å²) in [5, 5.41) is 5.57. The monoisotopic (exact) mass is 504 g/mol. The van der Waals surface area contributed by atoms with E-state index in [4.69, 9.17) is 14.2 Å². The number of nitrogens with zero attached hydrogens (tertiary/aromatic N) is 1. The lowest BCUT2D eigenvalue weighted by atomic mass is 10.2. The van der Waals surface area contributed by atoms with Gasteiger partial charge in [-0.3, -0.25) is 19.8 Å². The topological polar surface area (TPSA) is 120 Å². The van der Waals surface area contributed by atoms with Crippen molar-refractivity contribution in [1.29, 1.82) is 0 Å². The number of carbonyl (C=O) groups is 3. The fourth-order valence-electron chi connectivity index (χ4n) is 3.89. The Morgan fingerprint density at radius 3 is 2.59 bits per heavy atom. The number of fused-ring (bicyclic) bond motifs is 2. The molecule has 3 N–H and O–H groups in total. The highest BCUT2D eigenvalue weighted by Crippen LogP contribution is 2.32. The summed E-state index contributed by atoms with van der Waals surface area (Å²) in [7, 11) is 1.44. The average Bonchev–Trinajstić information content (AvgIpc) is 3.53. The Labute approximate surface area is 209 Å². The van der Waals surface area contributed by atoms with Gasteiger partial charge in [0.1, 0.15) is 22.8 Å². The number of rotatable bonds is 6. The van der Waals surface area contributed by atoms with Crippen molar-refractivity contribution in [2.75, 3.05) is 24.6 Å². The van der Waals surface area contributed by atoms with Crippen LogP contribution in [0.15, 0.2) is 66.7 Å². The molecule has 11 heteroatoms. The highest BCUT2D eigenvalue weighted by atomic mass is 19.1. The van der Waals surface area contributed by atoms with E-state index in [1.54, 1.807) is 42.5 Å². The van der Waals surface area contributed by atoms with Crippen molar-refractivity contribution < 1.29 is 33.0 Å². The maximum atomic E-state index is 14.1. The van der Waals surface area contributed by atoms with Crippen LogP contribution in [0.3, 0.4) is 0 Å². The number of hydrogen-bond acceptors (Lipinski definition) is 6. The summed E-state index contributed by atoms with van der Waals surface area (Å²) in [4.78, 5) is 38.5. The molecule has 1 aromatic heterocycles. The number of nitrogens with one attached hydrogen (secondary N) is 3. The third-order valence-corrected chi connectivity index (χ3v) is 5.67. The molecule has 2 heterocycles. The van der Waals surface area contributed by atoms with Crippen LogP contribution in [-0.2, 0) is 16.1 Å². The van der Waals surface area contributed by atoms with Gasteiger partial charge < -0.3 is 24.8 Å². The normalized spacial score (nSPS) is 11.7. The second-order valence-electron chi connectivity index (χ2n) is 8.01. The van der Waals surface area contributed by atoms with Crippen molar-refractivity contribution >= 4 is 34.3 Å². The lowest BCUT2D eigenvalue weighted by Crippen LogP contribution is -2.39. The highest BCUT2D eigenvalue weighted by Gasteiger charge is 2.23. The molecule has 3 amide bonds. The number of anilines is 1. The van der Waals surface area contributed by atoms with Crippen LogP contribution < -0.4 is 30.3 Å². The van der Waals surface area contributed by atoms with E-state index in [1.165, 1.54) is 31.4 Å². The minimum Gasteiger partial charge on any atom is -0.494 e. The molecular formula is C26H21FN4O6. The van der Waals surface area contributed by atoms with Crippen molar-refractivity contribution in [3.05, 3.63) is 83.8 Å². The standard InChI is InChI=1S/C26H21FN4O6/c1-35-21-8-4-5-16-12-19(24(32)29-18-7-3-2-6-17(18)27)31(23(16)21)30-26(34)25(33)28-13-15-9-10-20-22(11-15)37-14-36-20/h2-12H,13-14H2,1H3,(H,28,33)(H,29,32)(H,30,34). The molecule has 37 heavy (non-hydrogen) atoms. The van der Waals surface area contributed by atoms with Gasteiger partial charge in [0.15, 0.2) is 11.5 Å². The molecule has 4 aromatic rings. The zero-order chi connectivity index (χ0) is 25.9. The van der Waals surface area contributed by atoms with Crippen molar-refractivity contribution in [1.82, 2.24) is 9.99 Å². The third-order valence-electron chi connectivity index (χ3n) is 5.67. The Hall–Kier alpha value is -5.06. The molecule has 0 aliphatic carbocycles. The number of carbonyl (C=O) groups excluding carboxylic acids is 3. The van der Waals surface area contributed by atoms with E-state index in [-0.39, 0.29) is 24.7 Å². The van der Waals surface area contributed by atoms with Crippen LogP contribution in [0.2, 0.25) is 0 Å². The van der Waals surface area contributed by atoms with Crippen LogP contribution in [0.25, 0.3) is 10.9 Å². The fourth-order valence-corrected chi connectivity index (χ4v) is 3.89. The second kappa shape index (κ2) is 9.90. The van der Waals surface area contributed by atoms with Crippen LogP contribution >= 0.6 is 0 Å². The van der Waals surface area contributed by atoms with E-state index in [1.807, 2.05) is 0 Å². The first-order valence-corrected chi connectivity index (χ1v) is 11.2. The molecular weight excluding hydrogens is 483 g/mol. The molecule has 1 aliphatic heterocycles. The van der Waals surface area contributed by atoms with Gasteiger partial charge in [0.05, 0.1) is 12.8 Å². The van der Waals surface area contributed by atoms with Gasteiger partial charge in [0.2, 0.25) is 6.79 Å². The van der Waals surface area contributed by atoms with E-state index in [2.05, 4.69) is 16.1 Å². The Morgan fingerprint density at radius 1 is 0.973 bits per heavy atom. The van der Waals surface area contributed by atoms with Crippen molar-refractivity contribution in [3.8, 4) is 17.2 Å². The summed E-state index contributed by atoms with van der Waals surface area (Å²) in [5.41, 5.74) is 3.42. The number of amides is 3. The van der Waals surface area contributed by atoms with Crippen LogP contribution in [0.4, 0.5) is 10.1 Å². The molecule has 0 atom stereocenters. The Balaban J connectivity index is 1.38. The minimum atomic E-state index is -1.02. The summed E-state index contributed by atoms with van der Waals surface area (Å²) in [6.07, 6.45) is 0. The number of methoxy groups -OCH3 is 1. The maximum Gasteiger partial charge on any atom is 0.328 e. The van der Waals surface area contributed by atoms with Gasteiger partial charge in [-0.15, -0.1) is 0 Å². The van der Waals surface area contributed by atoms with E-state index in [0.717, 1.165) is 4.68 Å². The van der Waals surface area contributed by atoms with Gasteiger partial charge in [-0.05, 0) is 42.0 Å². The Morgan fingerprint density at radius 2 is 1.78 bits per heavy atom. The number of para-hydroxylation sites is 2. The van der Waals surface area contributed by atoms with E-state index in [9.17, 15) is 18.8 Å². The SMILES string of the molecule is COc1cccc2cc(C(=O)Nc3ccccc3F)n(NC(=O)C(=O)NCc3ccc4c(c3)OCO4)c12. The number of hydrogen-bond donors (Lipinski definition) is 3. The van der Waals surface area contributed by atoms with Gasteiger partial charge in [-0.2, -0.15) is 0 Å². The minimum absolute atomic E-state index is 0.0379. The van der Waals surface area contributed by atoms with Gasteiger partial charge in [0.25, 0.3) is 5.91 Å². The molecule has 0 spiro atoms. The van der Waals surface area contributed by atoms with Crippen LogP contribution in [-0.4, -0.2) is 36.3 Å². The third kappa shape index (κ3) is 4.74. The number of aromatic nitrogens is 1. The average molecular weight is 504 g/mol. The van der Waals surface area contributed by atoms with Crippen molar-refractivity contribution in [2.24, 2.45) is 0 Å². The van der Waals surface area contributed by atoms with Crippen molar-refractivity contribution in [3.63, 3.8) is 0 Å². The summed E-state index contributed by atoms with van der Waals surface area (Å²) in [6, 6.07) is 17.4. The molecule has 1 aliphatic rings. The predicted molar refractivity (Wildman–Crippen MR) is 132 cm³/mol. The molecule has 0 unspecified atom stereocenters. The largest absolute Gasteiger partial charge is 0.494 e. The first-order chi connectivity index (χ1) is 17.9. The van der Waals surface area contributed by atoms with E-state index in [0.29, 0.717) is 33.7 Å². The van der Waals surface area contributed by atoms with E-state index < -0.39 is 23.5 Å². The quantitative estimate of drug-likeness (QED) is 0.347. The van der Waals surface area contributed by atoms with Gasteiger partial charge in [-0.25, -0.2) is 9.07 Å². The van der Waals surface area contributed by atoms with Crippen LogP contribution in [0.1, 0.15) is 16.1 Å². The Bertz CT molecular complexity index is 1530. The molecule has 5 rings (SSSR count). The molecule has 0 bridgehead atoms. The first kappa shape index (κ1) is 23.7. The van der Waals surface area contributed by atoms with Gasteiger partial charge in [0, 0.05) is 11.9 Å². The summed E-state index contributed by atoms with van der Waals surface area (Å²) < 4.78 is 31.3. The Kier molecular flexibility index (Phi) is 6.33. The summed E-state index contributed by atoms with van der Waals surface area (Å²) >= 11 is 0. The van der Waals surface area contributed by atoms with E-state index >= 15 is 0 Å². The maximum absolute atomic E-state index is 14.1. The lowest BCUT2D eigenvalue weighted by Gasteiger charge is -2.14. The number of benzene rings is 3. The highest BCUT2D eigenvalue weighted by molar-refractivity contribution is 6.38. The molecule has 0 saturated heterocycles. The zero-order valence-corrected chi connectivity index (χ0v) is 19.5.